The second-order valence-corrected chi connectivity index (χ2v) is 9.58. The minimum atomic E-state index is -0.583. The Balaban J connectivity index is 2.27. The number of alkyl carbamates (subject to hydrolysis) is 1. The van der Waals surface area contributed by atoms with Crippen molar-refractivity contribution < 1.29 is 18.8 Å². The number of carbonyl (C=O) groups excluding carboxylic acids is 1. The van der Waals surface area contributed by atoms with Crippen molar-refractivity contribution >= 4 is 30.9 Å². The minimum absolute atomic E-state index is 0.233. The van der Waals surface area contributed by atoms with Crippen LogP contribution in [0.25, 0.3) is 6.08 Å². The van der Waals surface area contributed by atoms with Gasteiger partial charge in [0.15, 0.2) is 0 Å². The van der Waals surface area contributed by atoms with Gasteiger partial charge in [-0.25, -0.2) is 4.79 Å². The largest absolute Gasteiger partial charge is 0.492 e. The zero-order valence-electron chi connectivity index (χ0n) is 18.1. The molecule has 1 fully saturated rings. The van der Waals surface area contributed by atoms with Gasteiger partial charge in [-0.2, -0.15) is 0 Å². The van der Waals surface area contributed by atoms with Crippen LogP contribution in [0.4, 0.5) is 4.79 Å². The molecule has 1 saturated heterocycles. The van der Waals surface area contributed by atoms with Crippen molar-refractivity contribution in [3.63, 3.8) is 0 Å². The molecule has 0 saturated carbocycles. The van der Waals surface area contributed by atoms with Crippen LogP contribution in [0.3, 0.4) is 0 Å². The molecule has 1 amide bonds. The van der Waals surface area contributed by atoms with E-state index in [9.17, 15) is 4.79 Å². The Hall–Kier alpha value is -1.50. The van der Waals surface area contributed by atoms with Gasteiger partial charge in [0, 0.05) is 11.6 Å². The van der Waals surface area contributed by atoms with Gasteiger partial charge in [-0.1, -0.05) is 29.8 Å². The number of rotatable bonds is 4. The molecule has 28 heavy (non-hydrogen) atoms. The molecule has 1 aliphatic heterocycles. The fourth-order valence-electron chi connectivity index (χ4n) is 2.60. The minimum Gasteiger partial charge on any atom is -0.444 e. The summed E-state index contributed by atoms with van der Waals surface area (Å²) in [6.45, 7) is 15.6. The average Bonchev–Trinajstić information content (AvgIpc) is 2.73. The molecule has 1 aliphatic rings. The van der Waals surface area contributed by atoms with Crippen LogP contribution in [0.2, 0.25) is 5.02 Å². The Labute approximate surface area is 173 Å². The highest BCUT2D eigenvalue weighted by Crippen LogP contribution is 2.38. The summed E-state index contributed by atoms with van der Waals surface area (Å²) in [6, 6.07) is 5.81. The van der Waals surface area contributed by atoms with E-state index in [1.54, 1.807) is 0 Å². The number of amides is 1. The van der Waals surface area contributed by atoms with E-state index in [1.807, 2.05) is 79.7 Å². The molecular formula is C21H31BClNO4. The lowest BCUT2D eigenvalue weighted by atomic mass is 9.77. The van der Waals surface area contributed by atoms with Crippen molar-refractivity contribution in [2.75, 3.05) is 6.54 Å². The van der Waals surface area contributed by atoms with Gasteiger partial charge in [-0.15, -0.1) is 0 Å². The lowest BCUT2D eigenvalue weighted by molar-refractivity contribution is 0.00578. The first-order chi connectivity index (χ1) is 12.7. The molecule has 1 heterocycles. The fraction of sp³-hybridized carbons (Fsp3) is 0.571. The van der Waals surface area contributed by atoms with E-state index < -0.39 is 30.0 Å². The highest BCUT2D eigenvalue weighted by molar-refractivity contribution is 6.56. The first-order valence-corrected chi connectivity index (χ1v) is 9.87. The van der Waals surface area contributed by atoms with E-state index in [4.69, 9.17) is 25.6 Å². The molecule has 0 aromatic heterocycles. The van der Waals surface area contributed by atoms with Gasteiger partial charge >= 0.3 is 13.2 Å². The Morgan fingerprint density at radius 3 is 2.29 bits per heavy atom. The Bertz CT molecular complexity index is 752. The molecule has 1 aromatic rings. The molecule has 1 aromatic carbocycles. The third-order valence-electron chi connectivity index (χ3n) is 4.94. The van der Waals surface area contributed by atoms with Gasteiger partial charge in [-0.3, -0.25) is 0 Å². The van der Waals surface area contributed by atoms with Gasteiger partial charge in [0.1, 0.15) is 5.60 Å². The SMILES string of the molecule is Cc1ccc(C=C(CNC(=O)OC(C)(C)C)B2OC(C)(C)C(C)(C)O2)cc1Cl. The summed E-state index contributed by atoms with van der Waals surface area (Å²) in [5.41, 5.74) is 1.17. The highest BCUT2D eigenvalue weighted by Gasteiger charge is 2.52. The molecule has 2 rings (SSSR count). The van der Waals surface area contributed by atoms with Gasteiger partial charge in [-0.05, 0) is 78.1 Å². The zero-order chi connectivity index (χ0) is 21.3. The molecule has 0 unspecified atom stereocenters. The van der Waals surface area contributed by atoms with Crippen LogP contribution >= 0.6 is 11.6 Å². The van der Waals surface area contributed by atoms with E-state index in [-0.39, 0.29) is 6.54 Å². The van der Waals surface area contributed by atoms with Crippen LogP contribution in [0.1, 0.15) is 59.6 Å². The predicted molar refractivity (Wildman–Crippen MR) is 114 cm³/mol. The summed E-state index contributed by atoms with van der Waals surface area (Å²) >= 11 is 6.27. The highest BCUT2D eigenvalue weighted by atomic mass is 35.5. The smallest absolute Gasteiger partial charge is 0.444 e. The van der Waals surface area contributed by atoms with Crippen molar-refractivity contribution in [3.05, 3.63) is 39.8 Å². The number of benzene rings is 1. The summed E-state index contributed by atoms with van der Waals surface area (Å²) in [5, 5.41) is 3.48. The maximum absolute atomic E-state index is 12.1. The molecule has 0 bridgehead atoms. The van der Waals surface area contributed by atoms with E-state index >= 15 is 0 Å². The summed E-state index contributed by atoms with van der Waals surface area (Å²) in [4.78, 5) is 12.1. The third kappa shape index (κ3) is 5.75. The van der Waals surface area contributed by atoms with Crippen molar-refractivity contribution in [3.8, 4) is 0 Å². The Morgan fingerprint density at radius 1 is 1.21 bits per heavy atom. The van der Waals surface area contributed by atoms with Crippen molar-refractivity contribution in [2.24, 2.45) is 0 Å². The molecule has 154 valence electrons. The van der Waals surface area contributed by atoms with E-state index in [0.29, 0.717) is 5.02 Å². The third-order valence-corrected chi connectivity index (χ3v) is 5.35. The molecule has 1 N–H and O–H groups in total. The normalized spacial score (nSPS) is 18.9. The second-order valence-electron chi connectivity index (χ2n) is 9.17. The number of hydrogen-bond acceptors (Lipinski definition) is 4. The number of ether oxygens (including phenoxy) is 1. The lowest BCUT2D eigenvalue weighted by Gasteiger charge is -2.32. The van der Waals surface area contributed by atoms with Crippen LogP contribution < -0.4 is 5.32 Å². The van der Waals surface area contributed by atoms with Gasteiger partial charge < -0.3 is 19.4 Å². The molecule has 0 spiro atoms. The first kappa shape index (κ1) is 22.8. The number of aryl methyl sites for hydroxylation is 1. The standard InChI is InChI=1S/C21H31BClNO4/c1-14-9-10-15(12-17(14)23)11-16(13-24-18(25)26-19(2,3)4)22-27-20(5,6)21(7,8)28-22/h9-12H,13H2,1-8H3,(H,24,25). The van der Waals surface area contributed by atoms with Gasteiger partial charge in [0.05, 0.1) is 11.2 Å². The van der Waals surface area contributed by atoms with Crippen LogP contribution in [-0.4, -0.2) is 36.6 Å². The fourth-order valence-corrected chi connectivity index (χ4v) is 2.79. The van der Waals surface area contributed by atoms with Gasteiger partial charge in [0.25, 0.3) is 0 Å². The zero-order valence-corrected chi connectivity index (χ0v) is 18.9. The average molecular weight is 408 g/mol. The maximum Gasteiger partial charge on any atom is 0.492 e. The van der Waals surface area contributed by atoms with E-state index in [0.717, 1.165) is 16.6 Å². The summed E-state index contributed by atoms with van der Waals surface area (Å²) in [6.07, 6.45) is 1.45. The number of halogens is 1. The van der Waals surface area contributed by atoms with Crippen LogP contribution in [0.5, 0.6) is 0 Å². The molecular weight excluding hydrogens is 376 g/mol. The predicted octanol–water partition coefficient (Wildman–Crippen LogP) is 5.19. The summed E-state index contributed by atoms with van der Waals surface area (Å²) < 4.78 is 17.7. The molecule has 5 nitrogen and oxygen atoms in total. The molecule has 0 atom stereocenters. The molecule has 0 aliphatic carbocycles. The number of nitrogens with one attached hydrogen (secondary N) is 1. The molecule has 7 heteroatoms. The summed E-state index contributed by atoms with van der Waals surface area (Å²) in [5.74, 6) is 0. The Kier molecular flexibility index (Phi) is 6.59. The quantitative estimate of drug-likeness (QED) is 0.698. The van der Waals surface area contributed by atoms with Crippen LogP contribution in [0.15, 0.2) is 23.7 Å². The van der Waals surface area contributed by atoms with Crippen LogP contribution in [0, 0.1) is 6.92 Å². The monoisotopic (exact) mass is 407 g/mol. The number of carbonyl (C=O) groups is 1. The van der Waals surface area contributed by atoms with Gasteiger partial charge in [0.2, 0.25) is 0 Å². The summed E-state index contributed by atoms with van der Waals surface area (Å²) in [7, 11) is -0.583. The van der Waals surface area contributed by atoms with Crippen LogP contribution in [-0.2, 0) is 14.0 Å². The van der Waals surface area contributed by atoms with Crippen molar-refractivity contribution in [1.29, 1.82) is 0 Å². The number of hydrogen-bond donors (Lipinski definition) is 1. The van der Waals surface area contributed by atoms with Crippen molar-refractivity contribution in [2.45, 2.75) is 72.2 Å². The van der Waals surface area contributed by atoms with Crippen molar-refractivity contribution in [1.82, 2.24) is 5.32 Å². The topological polar surface area (TPSA) is 56.8 Å². The Morgan fingerprint density at radius 2 is 1.79 bits per heavy atom. The lowest BCUT2D eigenvalue weighted by Crippen LogP contribution is -2.41. The van der Waals surface area contributed by atoms with E-state index in [2.05, 4.69) is 5.32 Å². The van der Waals surface area contributed by atoms with E-state index in [1.165, 1.54) is 0 Å². The second kappa shape index (κ2) is 8.09. The maximum atomic E-state index is 12.1. The first-order valence-electron chi connectivity index (χ1n) is 9.49. The molecule has 0 radical (unpaired) electrons.